The summed E-state index contributed by atoms with van der Waals surface area (Å²) in [5.74, 6) is -0.521. The lowest BCUT2D eigenvalue weighted by molar-refractivity contribution is 0.102. The summed E-state index contributed by atoms with van der Waals surface area (Å²) in [6.45, 7) is 0. The van der Waals surface area contributed by atoms with Crippen molar-refractivity contribution in [2.24, 2.45) is 0 Å². The molecule has 0 N–H and O–H groups in total. The first-order chi connectivity index (χ1) is 9.38. The van der Waals surface area contributed by atoms with Gasteiger partial charge < -0.3 is 0 Å². The van der Waals surface area contributed by atoms with Gasteiger partial charge in [0.15, 0.2) is 5.78 Å². The largest absolute Gasteiger partial charge is 0.293 e. The summed E-state index contributed by atoms with van der Waals surface area (Å²) in [5.41, 5.74) is 0.287. The minimum atomic E-state index is -1.52. The van der Waals surface area contributed by atoms with Crippen LogP contribution in [0.5, 0.6) is 0 Å². The van der Waals surface area contributed by atoms with E-state index in [1.165, 1.54) is 18.2 Å². The zero-order chi connectivity index (χ0) is 14.9. The molecule has 0 aliphatic carbocycles. The van der Waals surface area contributed by atoms with Crippen LogP contribution in [0, 0.1) is 0 Å². The highest BCUT2D eigenvalue weighted by Gasteiger charge is 2.18. The van der Waals surface area contributed by atoms with Crippen molar-refractivity contribution in [1.29, 1.82) is 0 Å². The van der Waals surface area contributed by atoms with Crippen LogP contribution in [-0.2, 0) is 10.8 Å². The van der Waals surface area contributed by atoms with Crippen LogP contribution < -0.4 is 0 Å². The van der Waals surface area contributed by atoms with Gasteiger partial charge in [-0.05, 0) is 24.3 Å². The zero-order valence-corrected chi connectivity index (χ0v) is 14.3. The number of thiophene rings is 1. The molecule has 20 heavy (non-hydrogen) atoms. The minimum absolute atomic E-state index is 0.190. The van der Waals surface area contributed by atoms with Gasteiger partial charge in [0, 0.05) is 10.5 Å². The van der Waals surface area contributed by atoms with Gasteiger partial charge in [-0.2, -0.15) is 0 Å². The third-order valence-electron chi connectivity index (χ3n) is 2.37. The first kappa shape index (κ1) is 16.3. The van der Waals surface area contributed by atoms with Gasteiger partial charge in [0.1, 0.15) is 4.34 Å². The molecule has 0 radical (unpaired) electrons. The fraction of sp³-hybridized carbons (Fsp3) is 0.0833. The number of ketones is 1. The SMILES string of the molecule is O=C(CS(=O)c1ccc(Cl)c(Cl)c1)c1cc(Cl)sc1Cl. The molecule has 0 saturated heterocycles. The van der Waals surface area contributed by atoms with Gasteiger partial charge in [-0.1, -0.05) is 46.4 Å². The Hall–Kier alpha value is -0.100. The van der Waals surface area contributed by atoms with Gasteiger partial charge >= 0.3 is 0 Å². The second-order valence-corrected chi connectivity index (χ2v) is 8.28. The van der Waals surface area contributed by atoms with Crippen molar-refractivity contribution in [2.75, 3.05) is 5.75 Å². The third kappa shape index (κ3) is 3.75. The van der Waals surface area contributed by atoms with Crippen molar-refractivity contribution >= 4 is 74.3 Å². The molecule has 1 heterocycles. The normalized spacial score (nSPS) is 12.4. The fourth-order valence-electron chi connectivity index (χ4n) is 1.43. The lowest BCUT2D eigenvalue weighted by atomic mass is 10.2. The van der Waals surface area contributed by atoms with E-state index in [-0.39, 0.29) is 17.1 Å². The van der Waals surface area contributed by atoms with E-state index in [0.29, 0.717) is 23.6 Å². The van der Waals surface area contributed by atoms with Gasteiger partial charge in [0.2, 0.25) is 0 Å². The topological polar surface area (TPSA) is 34.1 Å². The Labute approximate surface area is 142 Å². The quantitative estimate of drug-likeness (QED) is 0.662. The molecule has 0 spiro atoms. The molecule has 0 bridgehead atoms. The lowest BCUT2D eigenvalue weighted by Crippen LogP contribution is -2.10. The number of Topliss-reactive ketones (excluding diaryl/α,β-unsaturated/α-hetero) is 1. The van der Waals surface area contributed by atoms with Gasteiger partial charge in [-0.3, -0.25) is 9.00 Å². The van der Waals surface area contributed by atoms with Crippen molar-refractivity contribution in [1.82, 2.24) is 0 Å². The van der Waals surface area contributed by atoms with E-state index in [1.54, 1.807) is 6.07 Å². The van der Waals surface area contributed by atoms with Crippen LogP contribution in [0.1, 0.15) is 10.4 Å². The summed E-state index contributed by atoms with van der Waals surface area (Å²) in [5, 5.41) is 0.660. The average molecular weight is 388 g/mol. The summed E-state index contributed by atoms with van der Waals surface area (Å²) in [4.78, 5) is 12.5. The Morgan fingerprint density at radius 2 is 1.80 bits per heavy atom. The predicted molar refractivity (Wildman–Crippen MR) is 86.4 cm³/mol. The molecule has 1 aromatic carbocycles. The molecule has 2 rings (SSSR count). The molecule has 0 saturated carbocycles. The van der Waals surface area contributed by atoms with E-state index < -0.39 is 10.8 Å². The van der Waals surface area contributed by atoms with Gasteiger partial charge in [-0.15, -0.1) is 11.3 Å². The summed E-state index contributed by atoms with van der Waals surface area (Å²) in [6, 6.07) is 6.06. The molecule has 8 heteroatoms. The molecule has 0 aliphatic heterocycles. The van der Waals surface area contributed by atoms with E-state index in [2.05, 4.69) is 0 Å². The highest BCUT2D eigenvalue weighted by Crippen LogP contribution is 2.32. The van der Waals surface area contributed by atoms with Crippen LogP contribution in [0.3, 0.4) is 0 Å². The van der Waals surface area contributed by atoms with Crippen molar-refractivity contribution in [3.8, 4) is 0 Å². The Kier molecular flexibility index (Phi) is 5.51. The number of hydrogen-bond donors (Lipinski definition) is 0. The summed E-state index contributed by atoms with van der Waals surface area (Å²) < 4.78 is 12.8. The summed E-state index contributed by atoms with van der Waals surface area (Å²) in [6.07, 6.45) is 0. The van der Waals surface area contributed by atoms with Crippen LogP contribution in [0.25, 0.3) is 0 Å². The Morgan fingerprint density at radius 3 is 2.35 bits per heavy atom. The van der Waals surface area contributed by atoms with Crippen molar-refractivity contribution < 1.29 is 9.00 Å². The van der Waals surface area contributed by atoms with E-state index in [9.17, 15) is 9.00 Å². The number of hydrogen-bond acceptors (Lipinski definition) is 3. The fourth-order valence-corrected chi connectivity index (χ4v) is 4.32. The van der Waals surface area contributed by atoms with E-state index in [0.717, 1.165) is 11.3 Å². The maximum atomic E-state index is 12.1. The Balaban J connectivity index is 2.17. The molecule has 106 valence electrons. The zero-order valence-electron chi connectivity index (χ0n) is 9.66. The third-order valence-corrected chi connectivity index (χ3v) is 5.90. The van der Waals surface area contributed by atoms with Gasteiger partial charge in [0.05, 0.1) is 30.9 Å². The lowest BCUT2D eigenvalue weighted by Gasteiger charge is -2.03. The number of benzene rings is 1. The van der Waals surface area contributed by atoms with Gasteiger partial charge in [0.25, 0.3) is 0 Å². The average Bonchev–Trinajstić information content (AvgIpc) is 2.71. The molecule has 1 atom stereocenters. The second kappa shape index (κ2) is 6.77. The van der Waals surface area contributed by atoms with Crippen LogP contribution in [-0.4, -0.2) is 15.7 Å². The van der Waals surface area contributed by atoms with E-state index >= 15 is 0 Å². The molecule has 0 amide bonds. The molecule has 1 unspecified atom stereocenters. The molecule has 0 aliphatic rings. The second-order valence-electron chi connectivity index (χ2n) is 3.73. The van der Waals surface area contributed by atoms with Crippen LogP contribution in [0.15, 0.2) is 29.2 Å². The summed E-state index contributed by atoms with van der Waals surface area (Å²) in [7, 11) is -1.52. The molecule has 1 aromatic heterocycles. The Morgan fingerprint density at radius 1 is 1.10 bits per heavy atom. The van der Waals surface area contributed by atoms with Gasteiger partial charge in [-0.25, -0.2) is 0 Å². The van der Waals surface area contributed by atoms with Crippen molar-refractivity contribution in [3.05, 3.63) is 48.5 Å². The molecule has 2 aromatic rings. The van der Waals surface area contributed by atoms with Crippen molar-refractivity contribution in [2.45, 2.75) is 4.90 Å². The standard InChI is InChI=1S/C12H6Cl4O2S2/c13-8-2-1-6(3-9(8)14)20(18)5-10(17)7-4-11(15)19-12(7)16/h1-4H,5H2. The smallest absolute Gasteiger partial charge is 0.178 e. The highest BCUT2D eigenvalue weighted by atomic mass is 35.5. The predicted octanol–water partition coefficient (Wildman–Crippen LogP) is 5.35. The van der Waals surface area contributed by atoms with Crippen LogP contribution >= 0.6 is 57.7 Å². The van der Waals surface area contributed by atoms with E-state index in [4.69, 9.17) is 46.4 Å². The van der Waals surface area contributed by atoms with Crippen molar-refractivity contribution in [3.63, 3.8) is 0 Å². The number of carbonyl (C=O) groups excluding carboxylic acids is 1. The number of rotatable bonds is 4. The van der Waals surface area contributed by atoms with Crippen LogP contribution in [0.2, 0.25) is 18.7 Å². The maximum absolute atomic E-state index is 12.1. The molecule has 2 nitrogen and oxygen atoms in total. The highest BCUT2D eigenvalue weighted by molar-refractivity contribution is 7.85. The Bertz CT molecular complexity index is 697. The minimum Gasteiger partial charge on any atom is -0.293 e. The monoisotopic (exact) mass is 386 g/mol. The maximum Gasteiger partial charge on any atom is 0.178 e. The molecule has 0 fully saturated rings. The van der Waals surface area contributed by atoms with E-state index in [1.807, 2.05) is 0 Å². The summed E-state index contributed by atoms with van der Waals surface area (Å²) >= 11 is 24.4. The van der Waals surface area contributed by atoms with Crippen LogP contribution in [0.4, 0.5) is 0 Å². The first-order valence-corrected chi connectivity index (χ1v) is 8.84. The number of carbonyl (C=O) groups is 1. The first-order valence-electron chi connectivity index (χ1n) is 5.20. The number of halogens is 4. The molecular formula is C12H6Cl4O2S2. The molecular weight excluding hydrogens is 382 g/mol.